The smallest absolute Gasteiger partial charge is 0.257 e. The van der Waals surface area contributed by atoms with E-state index in [4.69, 9.17) is 4.74 Å². The zero-order valence-electron chi connectivity index (χ0n) is 15.9. The Morgan fingerprint density at radius 1 is 1.27 bits per heavy atom. The summed E-state index contributed by atoms with van der Waals surface area (Å²) in [7, 11) is 1.50. The van der Waals surface area contributed by atoms with E-state index in [2.05, 4.69) is 5.32 Å². The number of aryl methyl sites for hydroxylation is 1. The van der Waals surface area contributed by atoms with Crippen LogP contribution in [0.1, 0.15) is 47.6 Å². The van der Waals surface area contributed by atoms with Gasteiger partial charge in [0.15, 0.2) is 18.2 Å². The van der Waals surface area contributed by atoms with Gasteiger partial charge in [0.05, 0.1) is 0 Å². The van der Waals surface area contributed by atoms with Crippen molar-refractivity contribution in [2.75, 3.05) is 13.7 Å². The van der Waals surface area contributed by atoms with Crippen molar-refractivity contribution in [1.29, 1.82) is 0 Å². The number of nitrogens with one attached hydrogen (secondary N) is 1. The quantitative estimate of drug-likeness (QED) is 0.820. The molecule has 0 radical (unpaired) electrons. The average molecular weight is 359 g/mol. The molecule has 0 fully saturated rings. The number of aromatic hydroxyl groups is 1. The van der Waals surface area contributed by atoms with Gasteiger partial charge in [0.25, 0.3) is 5.91 Å². The summed E-state index contributed by atoms with van der Waals surface area (Å²) < 4.78 is 20.0. The highest BCUT2D eigenvalue weighted by molar-refractivity contribution is 5.77. The molecule has 2 aromatic carbocycles. The third kappa shape index (κ3) is 4.34. The minimum atomic E-state index is -0.447. The van der Waals surface area contributed by atoms with Crippen molar-refractivity contribution in [2.24, 2.45) is 0 Å². The molecule has 26 heavy (non-hydrogen) atoms. The molecule has 0 bridgehead atoms. The van der Waals surface area contributed by atoms with E-state index >= 15 is 0 Å². The predicted molar refractivity (Wildman–Crippen MR) is 100 cm³/mol. The lowest BCUT2D eigenvalue weighted by Gasteiger charge is -2.16. The molecular weight excluding hydrogens is 333 g/mol. The molecule has 0 saturated carbocycles. The van der Waals surface area contributed by atoms with Crippen molar-refractivity contribution in [3.63, 3.8) is 0 Å². The van der Waals surface area contributed by atoms with Crippen LogP contribution in [-0.4, -0.2) is 24.7 Å². The van der Waals surface area contributed by atoms with Crippen molar-refractivity contribution in [2.45, 2.75) is 40.0 Å². The second kappa shape index (κ2) is 8.21. The molecule has 0 aliphatic rings. The van der Waals surface area contributed by atoms with Gasteiger partial charge in [0.2, 0.25) is 0 Å². The number of likely N-dealkylation sites (N-methyl/N-ethyl adjacent to an activating group) is 1. The summed E-state index contributed by atoms with van der Waals surface area (Å²) in [4.78, 5) is 11.3. The summed E-state index contributed by atoms with van der Waals surface area (Å²) in [5.41, 5.74) is 4.18. The van der Waals surface area contributed by atoms with Crippen molar-refractivity contribution in [1.82, 2.24) is 5.32 Å². The number of amides is 1. The molecule has 0 unspecified atom stereocenters. The van der Waals surface area contributed by atoms with Gasteiger partial charge in [0.1, 0.15) is 5.75 Å². The number of hydrogen-bond acceptors (Lipinski definition) is 3. The van der Waals surface area contributed by atoms with Crippen molar-refractivity contribution < 1.29 is 19.0 Å². The summed E-state index contributed by atoms with van der Waals surface area (Å²) >= 11 is 0. The molecule has 0 saturated heterocycles. The van der Waals surface area contributed by atoms with E-state index in [-0.39, 0.29) is 29.9 Å². The van der Waals surface area contributed by atoms with Gasteiger partial charge in [-0.2, -0.15) is 0 Å². The second-order valence-electron chi connectivity index (χ2n) is 6.80. The van der Waals surface area contributed by atoms with E-state index in [1.807, 2.05) is 32.9 Å². The molecule has 0 heterocycles. The predicted octanol–water partition coefficient (Wildman–Crippen LogP) is 3.99. The van der Waals surface area contributed by atoms with E-state index in [9.17, 15) is 14.3 Å². The monoisotopic (exact) mass is 359 g/mol. The summed E-state index contributed by atoms with van der Waals surface area (Å²) in [6, 6.07) is 7.14. The van der Waals surface area contributed by atoms with Crippen LogP contribution >= 0.6 is 0 Å². The van der Waals surface area contributed by atoms with Crippen LogP contribution in [0.25, 0.3) is 0 Å². The van der Waals surface area contributed by atoms with E-state index in [0.29, 0.717) is 12.0 Å². The second-order valence-corrected chi connectivity index (χ2v) is 6.80. The van der Waals surface area contributed by atoms with Gasteiger partial charge in [-0.05, 0) is 66.1 Å². The zero-order valence-corrected chi connectivity index (χ0v) is 15.9. The summed E-state index contributed by atoms with van der Waals surface area (Å²) in [6.07, 6.45) is 0.560. The fraction of sp³-hybridized carbons (Fsp3) is 0.381. The highest BCUT2D eigenvalue weighted by Crippen LogP contribution is 2.31. The molecule has 2 N–H and O–H groups in total. The first kappa shape index (κ1) is 19.8. The Labute approximate surface area is 154 Å². The number of carbonyl (C=O) groups excluding carboxylic acids is 1. The highest BCUT2D eigenvalue weighted by atomic mass is 19.1. The number of phenolic OH excluding ortho intramolecular Hbond substituents is 1. The first-order valence-corrected chi connectivity index (χ1v) is 8.68. The van der Waals surface area contributed by atoms with Crippen LogP contribution < -0.4 is 10.1 Å². The number of ether oxygens (including phenoxy) is 1. The summed E-state index contributed by atoms with van der Waals surface area (Å²) in [6.45, 7) is 7.44. The zero-order chi connectivity index (χ0) is 19.4. The maximum absolute atomic E-state index is 14.7. The Kier molecular flexibility index (Phi) is 6.24. The molecule has 4 nitrogen and oxygen atoms in total. The van der Waals surface area contributed by atoms with Crippen LogP contribution in [0.15, 0.2) is 24.3 Å². The molecule has 0 aliphatic carbocycles. The van der Waals surface area contributed by atoms with Crippen LogP contribution in [0.2, 0.25) is 0 Å². The first-order chi connectivity index (χ1) is 12.2. The molecule has 0 aromatic heterocycles. The number of halogens is 1. The van der Waals surface area contributed by atoms with Crippen molar-refractivity contribution in [3.05, 3.63) is 57.9 Å². The molecular formula is C21H26FNO3. The van der Waals surface area contributed by atoms with E-state index in [1.165, 1.54) is 7.05 Å². The molecule has 5 heteroatoms. The standard InChI is InChI=1S/C21H26FNO3/c1-12(2)16-9-15(6-7-18(16)24)10-17-13(3)8-19(21(22)14(17)4)26-11-20(25)23-5/h6-9,12,24H,10-11H2,1-5H3,(H,23,25). The molecule has 0 atom stereocenters. The minimum Gasteiger partial charge on any atom is -0.508 e. The summed E-state index contributed by atoms with van der Waals surface area (Å²) in [5, 5.41) is 12.4. The molecule has 2 rings (SSSR count). The van der Waals surface area contributed by atoms with Gasteiger partial charge in [-0.15, -0.1) is 0 Å². The van der Waals surface area contributed by atoms with Crippen molar-refractivity contribution in [3.8, 4) is 11.5 Å². The fourth-order valence-corrected chi connectivity index (χ4v) is 2.93. The van der Waals surface area contributed by atoms with Gasteiger partial charge in [-0.3, -0.25) is 4.79 Å². The Balaban J connectivity index is 2.32. The van der Waals surface area contributed by atoms with Gasteiger partial charge < -0.3 is 15.2 Å². The van der Waals surface area contributed by atoms with Gasteiger partial charge >= 0.3 is 0 Å². The largest absolute Gasteiger partial charge is 0.508 e. The van der Waals surface area contributed by atoms with Crippen LogP contribution in [0.3, 0.4) is 0 Å². The Hall–Kier alpha value is -2.56. The molecule has 140 valence electrons. The summed E-state index contributed by atoms with van der Waals surface area (Å²) in [5.74, 6) is -0.192. The van der Waals surface area contributed by atoms with Crippen LogP contribution in [0.5, 0.6) is 11.5 Å². The minimum absolute atomic E-state index is 0.0842. The molecule has 0 aliphatic heterocycles. The average Bonchev–Trinajstić information content (AvgIpc) is 2.61. The molecule has 0 spiro atoms. The van der Waals surface area contributed by atoms with Crippen LogP contribution in [0.4, 0.5) is 4.39 Å². The van der Waals surface area contributed by atoms with E-state index in [0.717, 1.165) is 22.3 Å². The lowest BCUT2D eigenvalue weighted by molar-refractivity contribution is -0.122. The lowest BCUT2D eigenvalue weighted by atomic mass is 9.92. The number of rotatable bonds is 6. The van der Waals surface area contributed by atoms with Gasteiger partial charge in [-0.25, -0.2) is 4.39 Å². The lowest BCUT2D eigenvalue weighted by Crippen LogP contribution is -2.25. The Morgan fingerprint density at radius 3 is 2.58 bits per heavy atom. The molecule has 1 amide bonds. The fourth-order valence-electron chi connectivity index (χ4n) is 2.93. The van der Waals surface area contributed by atoms with E-state index in [1.54, 1.807) is 19.1 Å². The van der Waals surface area contributed by atoms with Crippen LogP contribution in [0, 0.1) is 19.7 Å². The van der Waals surface area contributed by atoms with Gasteiger partial charge in [-0.1, -0.05) is 26.0 Å². The first-order valence-electron chi connectivity index (χ1n) is 8.68. The maximum Gasteiger partial charge on any atom is 0.257 e. The third-order valence-electron chi connectivity index (χ3n) is 4.55. The third-order valence-corrected chi connectivity index (χ3v) is 4.55. The SMILES string of the molecule is CNC(=O)COc1cc(C)c(Cc2ccc(O)c(C(C)C)c2)c(C)c1F. The maximum atomic E-state index is 14.7. The topological polar surface area (TPSA) is 58.6 Å². The highest BCUT2D eigenvalue weighted by Gasteiger charge is 2.16. The Bertz CT molecular complexity index is 815. The number of benzene rings is 2. The number of phenols is 1. The molecule has 2 aromatic rings. The van der Waals surface area contributed by atoms with Crippen LogP contribution in [-0.2, 0) is 11.2 Å². The normalized spacial score (nSPS) is 10.9. The van der Waals surface area contributed by atoms with Gasteiger partial charge in [0, 0.05) is 7.05 Å². The van der Waals surface area contributed by atoms with Crippen molar-refractivity contribution >= 4 is 5.91 Å². The van der Waals surface area contributed by atoms with E-state index < -0.39 is 5.82 Å². The number of carbonyl (C=O) groups is 1. The Morgan fingerprint density at radius 2 is 1.96 bits per heavy atom. The number of hydrogen-bond donors (Lipinski definition) is 2.